The molecule has 0 radical (unpaired) electrons. The Morgan fingerprint density at radius 1 is 1.43 bits per heavy atom. The van der Waals surface area contributed by atoms with Crippen molar-refractivity contribution in [2.75, 3.05) is 32.7 Å². The van der Waals surface area contributed by atoms with Crippen LogP contribution in [0.15, 0.2) is 27.7 Å². The molecule has 21 heavy (non-hydrogen) atoms. The van der Waals surface area contributed by atoms with Gasteiger partial charge in [-0.25, -0.2) is 0 Å². The summed E-state index contributed by atoms with van der Waals surface area (Å²) in [6, 6.07) is 6.08. The van der Waals surface area contributed by atoms with Gasteiger partial charge in [0.05, 0.1) is 12.6 Å². The van der Waals surface area contributed by atoms with Gasteiger partial charge in [0, 0.05) is 22.6 Å². The zero-order valence-electron chi connectivity index (χ0n) is 12.5. The van der Waals surface area contributed by atoms with E-state index in [-0.39, 0.29) is 6.04 Å². The van der Waals surface area contributed by atoms with Crippen molar-refractivity contribution in [1.29, 1.82) is 0 Å². The van der Waals surface area contributed by atoms with E-state index in [1.807, 2.05) is 12.1 Å². The lowest BCUT2D eigenvalue weighted by Crippen LogP contribution is -2.41. The lowest BCUT2D eigenvalue weighted by atomic mass is 10.1. The molecule has 0 amide bonds. The van der Waals surface area contributed by atoms with Crippen LogP contribution in [0, 0.1) is 0 Å². The van der Waals surface area contributed by atoms with Crippen molar-refractivity contribution in [1.82, 2.24) is 9.80 Å². The first-order valence-electron chi connectivity index (χ1n) is 7.30. The Labute approximate surface area is 140 Å². The Kier molecular flexibility index (Phi) is 5.90. The quantitative estimate of drug-likeness (QED) is 0.833. The summed E-state index contributed by atoms with van der Waals surface area (Å²) in [7, 11) is 0. The van der Waals surface area contributed by atoms with E-state index in [9.17, 15) is 0 Å². The molecule has 0 saturated heterocycles. The Morgan fingerprint density at radius 2 is 2.14 bits per heavy atom. The second-order valence-corrected chi connectivity index (χ2v) is 6.39. The molecule has 0 aromatic heterocycles. The predicted octanol–water partition coefficient (Wildman–Crippen LogP) is 3.12. The minimum Gasteiger partial charge on any atom is -0.370 e. The van der Waals surface area contributed by atoms with E-state index in [0.29, 0.717) is 12.5 Å². The molecule has 0 saturated carbocycles. The molecule has 116 valence electrons. The van der Waals surface area contributed by atoms with Gasteiger partial charge in [0.15, 0.2) is 5.96 Å². The van der Waals surface area contributed by atoms with Crippen LogP contribution >= 0.6 is 27.5 Å². The zero-order chi connectivity index (χ0) is 15.4. The Hall–Kier alpha value is -0.780. The van der Waals surface area contributed by atoms with Gasteiger partial charge in [0.2, 0.25) is 0 Å². The highest BCUT2D eigenvalue weighted by molar-refractivity contribution is 9.10. The van der Waals surface area contributed by atoms with Crippen molar-refractivity contribution in [2.45, 2.75) is 19.9 Å². The monoisotopic (exact) mass is 372 g/mol. The first-order chi connectivity index (χ1) is 10.1. The molecule has 1 aromatic carbocycles. The second kappa shape index (κ2) is 7.47. The molecular weight excluding hydrogens is 352 g/mol. The average Bonchev–Trinajstić information content (AvgIpc) is 2.81. The molecule has 0 spiro atoms. The highest BCUT2D eigenvalue weighted by Gasteiger charge is 2.28. The van der Waals surface area contributed by atoms with Crippen LogP contribution in [0.5, 0.6) is 0 Å². The molecule has 1 heterocycles. The predicted molar refractivity (Wildman–Crippen MR) is 92.9 cm³/mol. The molecule has 1 atom stereocenters. The molecule has 0 bridgehead atoms. The average molecular weight is 374 g/mol. The lowest BCUT2D eigenvalue weighted by Gasteiger charge is -2.29. The summed E-state index contributed by atoms with van der Waals surface area (Å²) in [5.41, 5.74) is 7.26. The molecule has 1 unspecified atom stereocenters. The standard InChI is InChI=1S/C15H22BrClN4/c1-3-20(4-2)7-8-21-14(10-19-15(21)18)12-6-5-11(17)9-13(12)16/h5-6,9,14H,3-4,7-8,10H2,1-2H3,(H2,18,19). The van der Waals surface area contributed by atoms with Gasteiger partial charge in [0.25, 0.3) is 0 Å². The number of benzene rings is 1. The smallest absolute Gasteiger partial charge is 0.191 e. The van der Waals surface area contributed by atoms with E-state index in [1.165, 1.54) is 5.56 Å². The van der Waals surface area contributed by atoms with Crippen LogP contribution in [-0.4, -0.2) is 48.5 Å². The van der Waals surface area contributed by atoms with Crippen LogP contribution in [0.1, 0.15) is 25.5 Å². The number of hydrogen-bond acceptors (Lipinski definition) is 4. The molecule has 0 aliphatic carbocycles. The van der Waals surface area contributed by atoms with Crippen LogP contribution in [0.4, 0.5) is 0 Å². The van der Waals surface area contributed by atoms with E-state index in [1.54, 1.807) is 0 Å². The molecule has 4 nitrogen and oxygen atoms in total. The third-order valence-electron chi connectivity index (χ3n) is 3.97. The fourth-order valence-corrected chi connectivity index (χ4v) is 3.57. The number of nitrogens with two attached hydrogens (primary N) is 1. The summed E-state index contributed by atoms with van der Waals surface area (Å²) in [5, 5.41) is 0.729. The number of halogens is 2. The van der Waals surface area contributed by atoms with E-state index >= 15 is 0 Å². The second-order valence-electron chi connectivity index (χ2n) is 5.10. The maximum atomic E-state index is 6.07. The Morgan fingerprint density at radius 3 is 2.76 bits per heavy atom. The van der Waals surface area contributed by atoms with Crippen LogP contribution in [0.2, 0.25) is 5.02 Å². The van der Waals surface area contributed by atoms with E-state index in [0.717, 1.165) is 35.7 Å². The Bertz CT molecular complexity index is 516. The topological polar surface area (TPSA) is 44.9 Å². The first kappa shape index (κ1) is 16.6. The molecule has 6 heteroatoms. The van der Waals surface area contributed by atoms with Crippen LogP contribution in [0.3, 0.4) is 0 Å². The lowest BCUT2D eigenvalue weighted by molar-refractivity contribution is 0.248. The highest BCUT2D eigenvalue weighted by atomic mass is 79.9. The molecule has 2 rings (SSSR count). The van der Waals surface area contributed by atoms with Gasteiger partial charge in [-0.05, 0) is 30.8 Å². The van der Waals surface area contributed by atoms with Crippen molar-refractivity contribution in [3.8, 4) is 0 Å². The largest absolute Gasteiger partial charge is 0.370 e. The van der Waals surface area contributed by atoms with Crippen molar-refractivity contribution in [3.05, 3.63) is 33.3 Å². The maximum Gasteiger partial charge on any atom is 0.191 e. The fourth-order valence-electron chi connectivity index (χ4n) is 2.63. The summed E-state index contributed by atoms with van der Waals surface area (Å²) >= 11 is 9.62. The number of hydrogen-bond donors (Lipinski definition) is 1. The number of rotatable bonds is 6. The van der Waals surface area contributed by atoms with Gasteiger partial charge in [-0.1, -0.05) is 47.4 Å². The molecule has 1 aromatic rings. The molecular formula is C15H22BrClN4. The molecule has 2 N–H and O–H groups in total. The third-order valence-corrected chi connectivity index (χ3v) is 4.89. The Balaban J connectivity index is 2.12. The van der Waals surface area contributed by atoms with E-state index < -0.39 is 0 Å². The maximum absolute atomic E-state index is 6.07. The number of nitrogens with zero attached hydrogens (tertiary/aromatic N) is 3. The molecule has 1 aliphatic rings. The number of aliphatic imine (C=N–C) groups is 1. The van der Waals surface area contributed by atoms with Gasteiger partial charge < -0.3 is 15.5 Å². The van der Waals surface area contributed by atoms with Crippen molar-refractivity contribution in [3.63, 3.8) is 0 Å². The number of likely N-dealkylation sites (N-methyl/N-ethyl adjacent to an activating group) is 1. The molecule has 0 fully saturated rings. The van der Waals surface area contributed by atoms with Crippen LogP contribution < -0.4 is 5.73 Å². The summed E-state index contributed by atoms with van der Waals surface area (Å²) in [5.74, 6) is 0.633. The minimum atomic E-state index is 0.187. The van der Waals surface area contributed by atoms with E-state index in [4.69, 9.17) is 17.3 Å². The third kappa shape index (κ3) is 3.90. The van der Waals surface area contributed by atoms with Crippen molar-refractivity contribution >= 4 is 33.5 Å². The van der Waals surface area contributed by atoms with Gasteiger partial charge in [-0.2, -0.15) is 0 Å². The highest BCUT2D eigenvalue weighted by Crippen LogP contribution is 2.32. The minimum absolute atomic E-state index is 0.187. The summed E-state index contributed by atoms with van der Waals surface area (Å²) in [6.45, 7) is 9.04. The summed E-state index contributed by atoms with van der Waals surface area (Å²) in [6.07, 6.45) is 0. The molecule has 1 aliphatic heterocycles. The zero-order valence-corrected chi connectivity index (χ0v) is 14.9. The van der Waals surface area contributed by atoms with Crippen molar-refractivity contribution < 1.29 is 0 Å². The first-order valence-corrected chi connectivity index (χ1v) is 8.47. The van der Waals surface area contributed by atoms with Crippen LogP contribution in [0.25, 0.3) is 0 Å². The van der Waals surface area contributed by atoms with E-state index in [2.05, 4.69) is 50.6 Å². The van der Waals surface area contributed by atoms with Gasteiger partial charge in [0.1, 0.15) is 0 Å². The van der Waals surface area contributed by atoms with Crippen LogP contribution in [-0.2, 0) is 0 Å². The fraction of sp³-hybridized carbons (Fsp3) is 0.533. The van der Waals surface area contributed by atoms with Gasteiger partial charge >= 0.3 is 0 Å². The van der Waals surface area contributed by atoms with Gasteiger partial charge in [-0.3, -0.25) is 4.99 Å². The van der Waals surface area contributed by atoms with Crippen molar-refractivity contribution in [2.24, 2.45) is 10.7 Å². The summed E-state index contributed by atoms with van der Waals surface area (Å²) in [4.78, 5) is 8.99. The van der Waals surface area contributed by atoms with Gasteiger partial charge in [-0.15, -0.1) is 0 Å². The SMILES string of the molecule is CCN(CC)CCN1C(N)=NCC1c1ccc(Cl)cc1Br. The summed E-state index contributed by atoms with van der Waals surface area (Å²) < 4.78 is 1.01. The number of guanidine groups is 1. The normalized spacial score (nSPS) is 18.4.